The van der Waals surface area contributed by atoms with Crippen LogP contribution in [-0.4, -0.2) is 25.9 Å². The highest BCUT2D eigenvalue weighted by molar-refractivity contribution is 8.18. The number of nitro groups is 2. The van der Waals surface area contributed by atoms with Crippen LogP contribution in [0.15, 0.2) is 81.4 Å². The van der Waals surface area contributed by atoms with Gasteiger partial charge in [-0.25, -0.2) is 0 Å². The first kappa shape index (κ1) is 24.5. The molecule has 0 saturated carbocycles. The van der Waals surface area contributed by atoms with E-state index >= 15 is 0 Å². The van der Waals surface area contributed by atoms with Crippen molar-refractivity contribution in [1.82, 2.24) is 4.90 Å². The van der Waals surface area contributed by atoms with Gasteiger partial charge in [0.25, 0.3) is 22.5 Å². The SMILES string of the molecule is O=C1S/C(=C\c2ccc(Sc3ccc(Cl)cc3)c([N+](=O)[O-])c2)C(=O)N1Cc1ccccc1[N+](=O)[O-]. The van der Waals surface area contributed by atoms with E-state index in [9.17, 15) is 29.8 Å². The van der Waals surface area contributed by atoms with Crippen LogP contribution in [-0.2, 0) is 11.3 Å². The quantitative estimate of drug-likeness (QED) is 0.192. The second-order valence-corrected chi connectivity index (χ2v) is 9.74. The fourth-order valence-corrected chi connectivity index (χ4v) is 5.13. The van der Waals surface area contributed by atoms with Gasteiger partial charge in [0.1, 0.15) is 0 Å². The van der Waals surface area contributed by atoms with Gasteiger partial charge in [-0.15, -0.1) is 0 Å². The average molecular weight is 528 g/mol. The molecule has 176 valence electrons. The predicted octanol–water partition coefficient (Wildman–Crippen LogP) is 6.54. The number of nitro benzene ring substituents is 2. The molecule has 2 amide bonds. The predicted molar refractivity (Wildman–Crippen MR) is 133 cm³/mol. The Balaban J connectivity index is 1.58. The first-order valence-electron chi connectivity index (χ1n) is 9.92. The lowest BCUT2D eigenvalue weighted by Crippen LogP contribution is -2.27. The summed E-state index contributed by atoms with van der Waals surface area (Å²) in [5, 5.41) is 22.9. The number of hydrogen-bond donors (Lipinski definition) is 0. The van der Waals surface area contributed by atoms with Gasteiger partial charge in [-0.05, 0) is 53.7 Å². The second-order valence-electron chi connectivity index (χ2n) is 7.19. The zero-order valence-electron chi connectivity index (χ0n) is 17.6. The van der Waals surface area contributed by atoms with Gasteiger partial charge in [-0.3, -0.25) is 34.7 Å². The molecule has 0 atom stereocenters. The Kier molecular flexibility index (Phi) is 7.20. The Morgan fingerprint density at radius 1 is 0.943 bits per heavy atom. The molecule has 1 heterocycles. The summed E-state index contributed by atoms with van der Waals surface area (Å²) in [5.41, 5.74) is 0.242. The van der Waals surface area contributed by atoms with Crippen LogP contribution >= 0.6 is 35.1 Å². The fourth-order valence-electron chi connectivity index (χ4n) is 3.26. The zero-order chi connectivity index (χ0) is 25.1. The van der Waals surface area contributed by atoms with E-state index in [-0.39, 0.29) is 28.4 Å². The first-order chi connectivity index (χ1) is 16.7. The van der Waals surface area contributed by atoms with E-state index in [1.165, 1.54) is 42.1 Å². The molecule has 1 saturated heterocycles. The minimum absolute atomic E-state index is 0.0704. The summed E-state index contributed by atoms with van der Waals surface area (Å²) in [6.07, 6.45) is 1.40. The normalized spacial score (nSPS) is 14.5. The Hall–Kier alpha value is -3.67. The lowest BCUT2D eigenvalue weighted by atomic mass is 10.1. The Morgan fingerprint density at radius 3 is 2.31 bits per heavy atom. The molecule has 0 bridgehead atoms. The molecule has 4 rings (SSSR count). The molecule has 0 spiro atoms. The van der Waals surface area contributed by atoms with Crippen molar-refractivity contribution in [2.45, 2.75) is 16.3 Å². The van der Waals surface area contributed by atoms with Crippen molar-refractivity contribution in [2.24, 2.45) is 0 Å². The smallest absolute Gasteiger partial charge is 0.268 e. The summed E-state index contributed by atoms with van der Waals surface area (Å²) in [4.78, 5) is 49.3. The topological polar surface area (TPSA) is 124 Å². The third kappa shape index (κ3) is 5.53. The van der Waals surface area contributed by atoms with Gasteiger partial charge in [0.2, 0.25) is 0 Å². The molecule has 0 aliphatic carbocycles. The van der Waals surface area contributed by atoms with Crippen LogP contribution in [0.3, 0.4) is 0 Å². The van der Waals surface area contributed by atoms with E-state index in [0.29, 0.717) is 27.2 Å². The largest absolute Gasteiger partial charge is 0.293 e. The van der Waals surface area contributed by atoms with Gasteiger partial charge in [-0.1, -0.05) is 47.6 Å². The number of carbonyl (C=O) groups is 2. The Bertz CT molecular complexity index is 1390. The lowest BCUT2D eigenvalue weighted by Gasteiger charge is -2.12. The average Bonchev–Trinajstić information content (AvgIpc) is 3.08. The number of hydrogen-bond acceptors (Lipinski definition) is 8. The van der Waals surface area contributed by atoms with E-state index in [1.54, 1.807) is 42.5 Å². The van der Waals surface area contributed by atoms with Crippen molar-refractivity contribution < 1.29 is 19.4 Å². The molecule has 0 aromatic heterocycles. The summed E-state index contributed by atoms with van der Waals surface area (Å²) in [6, 6.07) is 17.2. The molecule has 0 radical (unpaired) electrons. The van der Waals surface area contributed by atoms with Crippen molar-refractivity contribution in [3.8, 4) is 0 Å². The van der Waals surface area contributed by atoms with E-state index in [1.807, 2.05) is 0 Å². The van der Waals surface area contributed by atoms with Crippen LogP contribution in [0.1, 0.15) is 11.1 Å². The van der Waals surface area contributed by atoms with Crippen LogP contribution < -0.4 is 0 Å². The number of amides is 2. The van der Waals surface area contributed by atoms with Gasteiger partial charge >= 0.3 is 0 Å². The van der Waals surface area contributed by atoms with Crippen LogP contribution in [0.4, 0.5) is 16.2 Å². The summed E-state index contributed by atoms with van der Waals surface area (Å²) in [7, 11) is 0. The molecule has 0 N–H and O–H groups in total. The maximum absolute atomic E-state index is 12.9. The van der Waals surface area contributed by atoms with Gasteiger partial charge < -0.3 is 0 Å². The third-order valence-corrected chi connectivity index (χ3v) is 7.14. The third-order valence-electron chi connectivity index (χ3n) is 4.91. The number of benzene rings is 3. The number of imide groups is 1. The van der Waals surface area contributed by atoms with Crippen LogP contribution in [0.5, 0.6) is 0 Å². The number of carbonyl (C=O) groups excluding carboxylic acids is 2. The number of para-hydroxylation sites is 1. The fraction of sp³-hybridized carbons (Fsp3) is 0.0435. The van der Waals surface area contributed by atoms with E-state index in [4.69, 9.17) is 11.6 Å². The molecule has 3 aromatic carbocycles. The summed E-state index contributed by atoms with van der Waals surface area (Å²) >= 11 is 7.76. The number of nitrogens with zero attached hydrogens (tertiary/aromatic N) is 3. The maximum Gasteiger partial charge on any atom is 0.293 e. The molecule has 35 heavy (non-hydrogen) atoms. The summed E-state index contributed by atoms with van der Waals surface area (Å²) in [5.74, 6) is -0.625. The van der Waals surface area contributed by atoms with Crippen molar-refractivity contribution in [2.75, 3.05) is 0 Å². The molecular weight excluding hydrogens is 514 g/mol. The van der Waals surface area contributed by atoms with E-state index < -0.39 is 21.0 Å². The number of halogens is 1. The monoisotopic (exact) mass is 527 g/mol. The minimum atomic E-state index is -0.625. The van der Waals surface area contributed by atoms with Crippen molar-refractivity contribution >= 4 is 63.7 Å². The molecule has 1 aliphatic heterocycles. The van der Waals surface area contributed by atoms with Crippen molar-refractivity contribution in [1.29, 1.82) is 0 Å². The van der Waals surface area contributed by atoms with Gasteiger partial charge in [0.05, 0.1) is 26.2 Å². The van der Waals surface area contributed by atoms with Crippen LogP contribution in [0.25, 0.3) is 6.08 Å². The highest BCUT2D eigenvalue weighted by Crippen LogP contribution is 2.38. The Morgan fingerprint density at radius 2 is 1.63 bits per heavy atom. The molecule has 0 unspecified atom stereocenters. The number of rotatable bonds is 7. The van der Waals surface area contributed by atoms with Gasteiger partial charge in [-0.2, -0.15) is 0 Å². The van der Waals surface area contributed by atoms with E-state index in [0.717, 1.165) is 9.80 Å². The molecular formula is C23H14ClN3O6S2. The number of thioether (sulfide) groups is 1. The Labute approximate surface area is 212 Å². The summed E-state index contributed by atoms with van der Waals surface area (Å²) in [6.45, 7) is -0.254. The van der Waals surface area contributed by atoms with Crippen LogP contribution in [0.2, 0.25) is 5.02 Å². The van der Waals surface area contributed by atoms with Gasteiger partial charge in [0.15, 0.2) is 0 Å². The summed E-state index contributed by atoms with van der Waals surface area (Å²) < 4.78 is 0. The highest BCUT2D eigenvalue weighted by atomic mass is 35.5. The standard InChI is InChI=1S/C23H14ClN3O6S2/c24-16-6-8-17(9-7-16)34-20-10-5-14(11-19(20)27(32)33)12-21-22(28)25(23(29)35-21)13-15-3-1-2-4-18(15)26(30)31/h1-12H,13H2/b21-12-. The zero-order valence-corrected chi connectivity index (χ0v) is 20.0. The molecule has 1 fully saturated rings. The van der Waals surface area contributed by atoms with Crippen molar-refractivity contribution in [3.05, 3.63) is 108 Å². The molecule has 3 aromatic rings. The second kappa shape index (κ2) is 10.3. The van der Waals surface area contributed by atoms with Crippen molar-refractivity contribution in [3.63, 3.8) is 0 Å². The minimum Gasteiger partial charge on any atom is -0.268 e. The van der Waals surface area contributed by atoms with Crippen LogP contribution in [0, 0.1) is 20.2 Å². The first-order valence-corrected chi connectivity index (χ1v) is 11.9. The van der Waals surface area contributed by atoms with E-state index in [2.05, 4.69) is 0 Å². The molecule has 9 nitrogen and oxygen atoms in total. The maximum atomic E-state index is 12.9. The van der Waals surface area contributed by atoms with Gasteiger partial charge in [0, 0.05) is 27.6 Å². The molecule has 1 aliphatic rings. The highest BCUT2D eigenvalue weighted by Gasteiger charge is 2.36. The lowest BCUT2D eigenvalue weighted by molar-refractivity contribution is -0.387. The molecule has 12 heteroatoms.